The van der Waals surface area contributed by atoms with E-state index in [0.717, 1.165) is 0 Å². The average Bonchev–Trinajstić information content (AvgIpc) is 2.47. The lowest BCUT2D eigenvalue weighted by atomic mass is 10.0. The molecule has 0 spiro atoms. The molecular formula is C16H20O8. The van der Waals surface area contributed by atoms with Crippen molar-refractivity contribution in [3.8, 4) is 0 Å². The molecule has 0 heterocycles. The molecule has 2 N–H and O–H groups in total. The van der Waals surface area contributed by atoms with Crippen molar-refractivity contribution in [3.63, 3.8) is 0 Å². The molecule has 0 aliphatic heterocycles. The van der Waals surface area contributed by atoms with Crippen LogP contribution in [-0.2, 0) is 28.7 Å². The Bertz CT molecular complexity index is 545. The molecule has 0 unspecified atom stereocenters. The first-order chi connectivity index (χ1) is 11.1. The van der Waals surface area contributed by atoms with E-state index in [9.17, 15) is 19.2 Å². The number of rotatable bonds is 10. The van der Waals surface area contributed by atoms with Crippen molar-refractivity contribution in [2.75, 3.05) is 13.2 Å². The van der Waals surface area contributed by atoms with E-state index in [1.165, 1.54) is 13.8 Å². The molecule has 0 fully saturated rings. The second-order valence-corrected chi connectivity index (χ2v) is 4.90. The number of carbonyl (C=O) groups excluding carboxylic acids is 2. The minimum atomic E-state index is -1.45. The van der Waals surface area contributed by atoms with Gasteiger partial charge in [-0.1, -0.05) is 13.2 Å². The number of ether oxygens (including phenoxy) is 2. The minimum Gasteiger partial charge on any atom is -0.478 e. The summed E-state index contributed by atoms with van der Waals surface area (Å²) in [6, 6.07) is 0. The largest absolute Gasteiger partial charge is 0.478 e. The van der Waals surface area contributed by atoms with Crippen LogP contribution in [0.1, 0.15) is 26.7 Å². The Hall–Kier alpha value is -2.90. The lowest BCUT2D eigenvalue weighted by Gasteiger charge is -2.10. The van der Waals surface area contributed by atoms with Gasteiger partial charge in [-0.15, -0.1) is 0 Å². The molecule has 0 radical (unpaired) electrons. The number of aliphatic carboxylic acids is 2. The summed E-state index contributed by atoms with van der Waals surface area (Å²) in [5.41, 5.74) is -0.575. The summed E-state index contributed by atoms with van der Waals surface area (Å²) < 4.78 is 9.52. The zero-order valence-electron chi connectivity index (χ0n) is 13.6. The second kappa shape index (κ2) is 9.98. The van der Waals surface area contributed by atoms with Gasteiger partial charge in [0.25, 0.3) is 0 Å². The van der Waals surface area contributed by atoms with Crippen molar-refractivity contribution in [2.24, 2.45) is 0 Å². The van der Waals surface area contributed by atoms with Crippen molar-refractivity contribution < 1.29 is 38.9 Å². The van der Waals surface area contributed by atoms with Gasteiger partial charge < -0.3 is 19.7 Å². The van der Waals surface area contributed by atoms with Crippen molar-refractivity contribution in [2.45, 2.75) is 26.7 Å². The molecule has 8 nitrogen and oxygen atoms in total. The summed E-state index contributed by atoms with van der Waals surface area (Å²) in [6.45, 7) is 8.97. The predicted molar refractivity (Wildman–Crippen MR) is 83.1 cm³/mol. The Balaban J connectivity index is 5.02. The molecule has 0 aromatic heterocycles. The van der Waals surface area contributed by atoms with Crippen molar-refractivity contribution >= 4 is 23.9 Å². The zero-order chi connectivity index (χ0) is 18.9. The van der Waals surface area contributed by atoms with Gasteiger partial charge in [-0.3, -0.25) is 0 Å². The SMILES string of the molecule is C=C(C)C(=O)OCC/C(C(=O)O)=C(\CCOC(=O)C(=C)C)C(=O)O. The van der Waals surface area contributed by atoms with Gasteiger partial charge in [-0.05, 0) is 13.8 Å². The number of hydrogen-bond acceptors (Lipinski definition) is 6. The molecule has 8 heteroatoms. The number of hydrogen-bond donors (Lipinski definition) is 2. The first-order valence-corrected chi connectivity index (χ1v) is 6.91. The molecule has 0 rings (SSSR count). The monoisotopic (exact) mass is 340 g/mol. The van der Waals surface area contributed by atoms with Gasteiger partial charge in [0.2, 0.25) is 0 Å². The molecule has 0 aromatic carbocycles. The molecule has 0 aromatic rings. The number of carbonyl (C=O) groups is 4. The van der Waals surface area contributed by atoms with E-state index in [1.54, 1.807) is 0 Å². The van der Waals surface area contributed by atoms with Gasteiger partial charge in [0.1, 0.15) is 0 Å². The Morgan fingerprint density at radius 3 is 1.25 bits per heavy atom. The summed E-state index contributed by atoms with van der Waals surface area (Å²) >= 11 is 0. The maximum Gasteiger partial charge on any atom is 0.333 e. The predicted octanol–water partition coefficient (Wildman–Crippen LogP) is 1.47. The fourth-order valence-corrected chi connectivity index (χ4v) is 1.51. The zero-order valence-corrected chi connectivity index (χ0v) is 13.6. The highest BCUT2D eigenvalue weighted by molar-refractivity contribution is 5.99. The van der Waals surface area contributed by atoms with Crippen molar-refractivity contribution in [1.29, 1.82) is 0 Å². The molecular weight excluding hydrogens is 320 g/mol. The molecule has 0 aliphatic rings. The third kappa shape index (κ3) is 7.39. The lowest BCUT2D eigenvalue weighted by Crippen LogP contribution is -2.17. The van der Waals surface area contributed by atoms with Gasteiger partial charge in [-0.25, -0.2) is 19.2 Å². The summed E-state index contributed by atoms with van der Waals surface area (Å²) in [5, 5.41) is 18.3. The topological polar surface area (TPSA) is 127 Å². The van der Waals surface area contributed by atoms with Crippen LogP contribution in [0.4, 0.5) is 0 Å². The van der Waals surface area contributed by atoms with Gasteiger partial charge in [0.05, 0.1) is 24.4 Å². The van der Waals surface area contributed by atoms with Crippen LogP contribution in [0.3, 0.4) is 0 Å². The van der Waals surface area contributed by atoms with Gasteiger partial charge in [-0.2, -0.15) is 0 Å². The standard InChI is InChI=1S/C16H20O8/c1-9(2)15(21)23-7-5-11(13(17)18)12(14(19)20)6-8-24-16(22)10(3)4/h1,3,5-8H2,2,4H3,(H,17,18)(H,19,20)/b12-11-. The maximum absolute atomic E-state index is 11.3. The molecule has 0 atom stereocenters. The fraction of sp³-hybridized carbons (Fsp3) is 0.375. The quantitative estimate of drug-likeness (QED) is 0.452. The van der Waals surface area contributed by atoms with E-state index in [0.29, 0.717) is 0 Å². The number of carboxylic acid groups (broad SMARTS) is 2. The first kappa shape index (κ1) is 21.1. The molecule has 0 aliphatic carbocycles. The Morgan fingerprint density at radius 1 is 0.750 bits per heavy atom. The van der Waals surface area contributed by atoms with E-state index in [1.807, 2.05) is 0 Å². The first-order valence-electron chi connectivity index (χ1n) is 6.91. The van der Waals surface area contributed by atoms with Crippen LogP contribution in [0.15, 0.2) is 35.5 Å². The van der Waals surface area contributed by atoms with Crippen LogP contribution in [0.2, 0.25) is 0 Å². The second-order valence-electron chi connectivity index (χ2n) is 4.90. The Labute approximate surface area is 139 Å². The van der Waals surface area contributed by atoms with Crippen molar-refractivity contribution in [3.05, 3.63) is 35.5 Å². The highest BCUT2D eigenvalue weighted by Gasteiger charge is 2.21. The number of carboxylic acids is 2. The van der Waals surface area contributed by atoms with Gasteiger partial charge in [0.15, 0.2) is 0 Å². The maximum atomic E-state index is 11.3. The molecule has 0 amide bonds. The van der Waals surface area contributed by atoms with E-state index >= 15 is 0 Å². The minimum absolute atomic E-state index is 0.140. The van der Waals surface area contributed by atoms with E-state index in [-0.39, 0.29) is 37.2 Å². The van der Waals surface area contributed by atoms with Crippen LogP contribution in [0, 0.1) is 0 Å². The Morgan fingerprint density at radius 2 is 1.04 bits per heavy atom. The molecule has 0 saturated heterocycles. The van der Waals surface area contributed by atoms with Gasteiger partial charge >= 0.3 is 23.9 Å². The van der Waals surface area contributed by atoms with E-state index in [2.05, 4.69) is 13.2 Å². The molecule has 0 saturated carbocycles. The lowest BCUT2D eigenvalue weighted by molar-refractivity contribution is -0.141. The Kier molecular flexibility index (Phi) is 8.78. The number of esters is 2. The van der Waals surface area contributed by atoms with Crippen LogP contribution in [0.25, 0.3) is 0 Å². The summed E-state index contributed by atoms with van der Waals surface area (Å²) in [6.07, 6.45) is -0.602. The smallest absolute Gasteiger partial charge is 0.333 e. The fourth-order valence-electron chi connectivity index (χ4n) is 1.51. The molecule has 132 valence electrons. The van der Waals surface area contributed by atoms with Crippen molar-refractivity contribution in [1.82, 2.24) is 0 Å². The van der Waals surface area contributed by atoms with Crippen LogP contribution in [-0.4, -0.2) is 47.3 Å². The van der Waals surface area contributed by atoms with E-state index in [4.69, 9.17) is 19.7 Å². The molecule has 0 bridgehead atoms. The third-order valence-corrected chi connectivity index (χ3v) is 2.75. The highest BCUT2D eigenvalue weighted by atomic mass is 16.5. The summed E-state index contributed by atoms with van der Waals surface area (Å²) in [7, 11) is 0. The van der Waals surface area contributed by atoms with Gasteiger partial charge in [0, 0.05) is 24.0 Å². The van der Waals surface area contributed by atoms with E-state index < -0.39 is 35.0 Å². The van der Waals surface area contributed by atoms with Crippen LogP contribution in [0.5, 0.6) is 0 Å². The van der Waals surface area contributed by atoms with Crippen LogP contribution >= 0.6 is 0 Å². The highest BCUT2D eigenvalue weighted by Crippen LogP contribution is 2.15. The summed E-state index contributed by atoms with van der Waals surface area (Å²) in [5.74, 6) is -4.31. The average molecular weight is 340 g/mol. The normalized spacial score (nSPS) is 11.1. The summed E-state index contributed by atoms with van der Waals surface area (Å²) in [4.78, 5) is 45.0. The third-order valence-electron chi connectivity index (χ3n) is 2.75. The van der Waals surface area contributed by atoms with Crippen LogP contribution < -0.4 is 0 Å². The molecule has 24 heavy (non-hydrogen) atoms.